The molecule has 4 rings (SSSR count). The zero-order chi connectivity index (χ0) is 23.8. The minimum atomic E-state index is -4.57. The predicted octanol–water partition coefficient (Wildman–Crippen LogP) is 3.14. The summed E-state index contributed by atoms with van der Waals surface area (Å²) in [7, 11) is -9.03. The van der Waals surface area contributed by atoms with Gasteiger partial charge in [-0.15, -0.1) is 0 Å². The Balaban J connectivity index is 1.73. The molecule has 3 aromatic carbocycles. The van der Waals surface area contributed by atoms with E-state index in [1.54, 1.807) is 18.2 Å². The Morgan fingerprint density at radius 2 is 1.39 bits per heavy atom. The number of halogens is 1. The van der Waals surface area contributed by atoms with Crippen LogP contribution in [0.15, 0.2) is 70.5 Å². The van der Waals surface area contributed by atoms with Gasteiger partial charge in [0.15, 0.2) is 0 Å². The molecule has 0 aliphatic carbocycles. The summed E-state index contributed by atoms with van der Waals surface area (Å²) in [5.41, 5.74) is 0.311. The van der Waals surface area contributed by atoms with Gasteiger partial charge >= 0.3 is 6.08 Å². The Bertz CT molecular complexity index is 1590. The largest absolute Gasteiger partial charge is 0.324 e. The van der Waals surface area contributed by atoms with E-state index in [4.69, 9.17) is 0 Å². The lowest BCUT2D eigenvalue weighted by molar-refractivity contribution is 0.481. The molecule has 0 aliphatic rings. The summed E-state index contributed by atoms with van der Waals surface area (Å²) in [4.78, 5) is 10.3. The van der Waals surface area contributed by atoms with Crippen molar-refractivity contribution in [1.82, 2.24) is 15.0 Å². The number of hydrogen-bond acceptors (Lipinski definition) is 9. The van der Waals surface area contributed by atoms with E-state index in [1.807, 2.05) is 0 Å². The van der Waals surface area contributed by atoms with E-state index in [1.165, 1.54) is 30.3 Å². The summed E-state index contributed by atoms with van der Waals surface area (Å²) in [6.45, 7) is 0. The van der Waals surface area contributed by atoms with Crippen LogP contribution in [0.4, 0.5) is 27.7 Å². The molecule has 0 bridgehead atoms. The first-order valence-corrected chi connectivity index (χ1v) is 11.9. The van der Waals surface area contributed by atoms with Gasteiger partial charge in [-0.2, -0.15) is 36.2 Å². The average molecular weight is 491 g/mol. The van der Waals surface area contributed by atoms with Crippen molar-refractivity contribution in [3.8, 4) is 0 Å². The second kappa shape index (κ2) is 8.32. The maximum Gasteiger partial charge on any atom is 0.315 e. The van der Waals surface area contributed by atoms with Crippen molar-refractivity contribution in [2.75, 3.05) is 10.6 Å². The fourth-order valence-electron chi connectivity index (χ4n) is 3.07. The minimum Gasteiger partial charge on any atom is -0.324 e. The zero-order valence-corrected chi connectivity index (χ0v) is 18.0. The number of fused-ring (bicyclic) bond motifs is 1. The molecule has 4 N–H and O–H groups in total. The fourth-order valence-corrected chi connectivity index (χ4v) is 4.33. The van der Waals surface area contributed by atoms with E-state index in [0.717, 1.165) is 12.1 Å². The fraction of sp³-hybridized carbons (Fsp3) is 0. The van der Waals surface area contributed by atoms with Gasteiger partial charge in [0, 0.05) is 11.1 Å². The molecule has 14 heteroatoms. The highest BCUT2D eigenvalue weighted by Crippen LogP contribution is 2.31. The third-order valence-corrected chi connectivity index (χ3v) is 6.13. The number of nitrogens with zero attached hydrogens (tertiary/aromatic N) is 3. The highest BCUT2D eigenvalue weighted by Gasteiger charge is 2.18. The summed E-state index contributed by atoms with van der Waals surface area (Å²) in [6, 6.07) is 14.0. The summed E-state index contributed by atoms with van der Waals surface area (Å²) in [6.07, 6.45) is -1.18. The lowest BCUT2D eigenvalue weighted by Gasteiger charge is -2.12. The quantitative estimate of drug-likeness (QED) is 0.292. The van der Waals surface area contributed by atoms with E-state index in [2.05, 4.69) is 25.6 Å². The van der Waals surface area contributed by atoms with Crippen LogP contribution in [0.3, 0.4) is 0 Å². The maximum atomic E-state index is 14.1. The van der Waals surface area contributed by atoms with Gasteiger partial charge in [-0.1, -0.05) is 30.3 Å². The average Bonchev–Trinajstić information content (AvgIpc) is 2.72. The van der Waals surface area contributed by atoms with Crippen LogP contribution in [0.5, 0.6) is 0 Å². The van der Waals surface area contributed by atoms with Crippen molar-refractivity contribution in [1.29, 1.82) is 0 Å². The molecule has 0 atom stereocenters. The summed E-state index contributed by atoms with van der Waals surface area (Å²) < 4.78 is 79.1. The monoisotopic (exact) mass is 491 g/mol. The molecule has 0 radical (unpaired) electrons. The van der Waals surface area contributed by atoms with Crippen molar-refractivity contribution in [2.45, 2.75) is 9.79 Å². The first-order chi connectivity index (χ1) is 15.5. The predicted molar refractivity (Wildman–Crippen MR) is 116 cm³/mol. The van der Waals surface area contributed by atoms with Crippen molar-refractivity contribution in [2.24, 2.45) is 0 Å². The van der Waals surface area contributed by atoms with Crippen molar-refractivity contribution in [3.05, 3.63) is 66.7 Å². The van der Waals surface area contributed by atoms with E-state index in [-0.39, 0.29) is 33.6 Å². The minimum absolute atomic E-state index is 0.138. The molecule has 170 valence electrons. The Labute approximate surface area is 186 Å². The Hall–Kier alpha value is -3.72. The molecule has 0 amide bonds. The van der Waals surface area contributed by atoms with E-state index in [9.17, 15) is 30.3 Å². The van der Waals surface area contributed by atoms with Gasteiger partial charge in [0.1, 0.15) is 4.90 Å². The van der Waals surface area contributed by atoms with Gasteiger partial charge in [0.05, 0.1) is 10.6 Å². The molecule has 0 unspecified atom stereocenters. The molecule has 0 aliphatic heterocycles. The molecule has 11 nitrogen and oxygen atoms in total. The molecule has 1 aromatic heterocycles. The number of anilines is 4. The van der Waals surface area contributed by atoms with Gasteiger partial charge in [0.25, 0.3) is 20.2 Å². The molecule has 33 heavy (non-hydrogen) atoms. The van der Waals surface area contributed by atoms with Crippen LogP contribution >= 0.6 is 0 Å². The lowest BCUT2D eigenvalue weighted by Crippen LogP contribution is -2.07. The number of aromatic nitrogens is 3. The number of hydrogen-bond donors (Lipinski definition) is 4. The Morgan fingerprint density at radius 1 is 0.758 bits per heavy atom. The third kappa shape index (κ3) is 5.04. The Kier molecular flexibility index (Phi) is 5.67. The standard InChI is InChI=1S/C19H14FN5O6S2/c20-17-23-18(21-12-6-3-7-13(10-12)32(26,27)28)25-19(24-17)22-14-8-1-4-11-5-2-9-15(16(11)14)33(29,30)31/h1-10H,(H,26,27,28)(H,29,30,31)(H2,21,22,23,24,25). The van der Waals surface area contributed by atoms with Gasteiger partial charge < -0.3 is 10.6 Å². The van der Waals surface area contributed by atoms with Gasteiger partial charge in [-0.05, 0) is 35.7 Å². The van der Waals surface area contributed by atoms with E-state index >= 15 is 0 Å². The number of benzene rings is 3. The summed E-state index contributed by atoms with van der Waals surface area (Å²) in [5.74, 6) is -0.596. The van der Waals surface area contributed by atoms with E-state index in [0.29, 0.717) is 5.39 Å². The molecular formula is C19H14FN5O6S2. The first kappa shape index (κ1) is 22.5. The lowest BCUT2D eigenvalue weighted by atomic mass is 10.1. The van der Waals surface area contributed by atoms with Crippen molar-refractivity contribution < 1.29 is 30.3 Å². The van der Waals surface area contributed by atoms with E-state index < -0.39 is 31.2 Å². The molecule has 1 heterocycles. The maximum absolute atomic E-state index is 14.1. The van der Waals surface area contributed by atoms with Crippen molar-refractivity contribution >= 4 is 54.3 Å². The normalized spacial score (nSPS) is 12.0. The molecule has 4 aromatic rings. The van der Waals surface area contributed by atoms with Crippen molar-refractivity contribution in [3.63, 3.8) is 0 Å². The van der Waals surface area contributed by atoms with Gasteiger partial charge in [-0.3, -0.25) is 9.11 Å². The summed E-state index contributed by atoms with van der Waals surface area (Å²) >= 11 is 0. The SMILES string of the molecule is O=S(=O)(O)c1cccc(Nc2nc(F)nc(Nc3cccc4cccc(S(=O)(=O)O)c34)n2)c1. The van der Waals surface area contributed by atoms with Crippen LogP contribution in [0.1, 0.15) is 0 Å². The van der Waals surface area contributed by atoms with Gasteiger partial charge in [-0.25, -0.2) is 0 Å². The van der Waals surface area contributed by atoms with Crippen LogP contribution in [0.2, 0.25) is 0 Å². The zero-order valence-electron chi connectivity index (χ0n) is 16.3. The van der Waals surface area contributed by atoms with Crippen LogP contribution in [-0.4, -0.2) is 40.9 Å². The highest BCUT2D eigenvalue weighted by atomic mass is 32.2. The Morgan fingerprint density at radius 3 is 2.06 bits per heavy atom. The number of rotatable bonds is 6. The smallest absolute Gasteiger partial charge is 0.315 e. The molecule has 0 spiro atoms. The second-order valence-corrected chi connectivity index (χ2v) is 9.45. The molecule has 0 saturated heterocycles. The number of nitrogens with one attached hydrogen (secondary N) is 2. The third-order valence-electron chi connectivity index (χ3n) is 4.39. The first-order valence-electron chi connectivity index (χ1n) is 9.03. The molecule has 0 fully saturated rings. The van der Waals surface area contributed by atoms with Crippen LogP contribution in [0, 0.1) is 6.08 Å². The van der Waals surface area contributed by atoms with Crippen LogP contribution in [0.25, 0.3) is 10.8 Å². The molecular weight excluding hydrogens is 477 g/mol. The van der Waals surface area contributed by atoms with Gasteiger partial charge in [0.2, 0.25) is 11.9 Å². The highest BCUT2D eigenvalue weighted by molar-refractivity contribution is 7.86. The summed E-state index contributed by atoms with van der Waals surface area (Å²) in [5, 5.41) is 5.93. The van der Waals surface area contributed by atoms with Crippen LogP contribution in [-0.2, 0) is 20.2 Å². The topological polar surface area (TPSA) is 171 Å². The second-order valence-electron chi connectivity index (χ2n) is 6.64. The van der Waals surface area contributed by atoms with Crippen LogP contribution < -0.4 is 10.6 Å². The molecule has 0 saturated carbocycles.